The first-order valence-electron chi connectivity index (χ1n) is 11.2. The van der Waals surface area contributed by atoms with Crippen LogP contribution in [0.2, 0.25) is 5.02 Å². The summed E-state index contributed by atoms with van der Waals surface area (Å²) in [5.41, 5.74) is 4.11. The van der Waals surface area contributed by atoms with Crippen molar-refractivity contribution in [1.82, 2.24) is 25.2 Å². The number of hydrogen-bond donors (Lipinski definition) is 2. The first-order chi connectivity index (χ1) is 16.4. The van der Waals surface area contributed by atoms with Gasteiger partial charge in [-0.25, -0.2) is 4.98 Å². The molecule has 4 heterocycles. The Balaban J connectivity index is 1.51. The summed E-state index contributed by atoms with van der Waals surface area (Å²) in [4.78, 5) is 40.2. The Labute approximate surface area is 202 Å². The molecule has 0 bridgehead atoms. The molecule has 1 atom stereocenters. The molecule has 1 amide bonds. The smallest absolute Gasteiger partial charge is 0.271 e. The Morgan fingerprint density at radius 3 is 2.82 bits per heavy atom. The van der Waals surface area contributed by atoms with E-state index in [1.807, 2.05) is 25.3 Å². The summed E-state index contributed by atoms with van der Waals surface area (Å²) in [5.74, 6) is -0.341. The van der Waals surface area contributed by atoms with Gasteiger partial charge in [0.15, 0.2) is 0 Å². The molecule has 1 saturated heterocycles. The van der Waals surface area contributed by atoms with Gasteiger partial charge in [-0.3, -0.25) is 19.5 Å². The van der Waals surface area contributed by atoms with Crippen LogP contribution in [0.15, 0.2) is 35.4 Å². The molecule has 2 N–H and O–H groups in total. The summed E-state index contributed by atoms with van der Waals surface area (Å²) in [6.07, 6.45) is 4.47. The maximum atomic E-state index is 12.2. The van der Waals surface area contributed by atoms with Crippen LogP contribution in [0.25, 0.3) is 11.0 Å². The molecular formula is C24H26ClN7O2. The van der Waals surface area contributed by atoms with Crippen molar-refractivity contribution in [2.24, 2.45) is 0 Å². The van der Waals surface area contributed by atoms with Crippen LogP contribution in [0.4, 0.5) is 5.69 Å². The Hall–Kier alpha value is -3.48. The number of anilines is 1. The van der Waals surface area contributed by atoms with Gasteiger partial charge in [-0.2, -0.15) is 5.26 Å². The van der Waals surface area contributed by atoms with Crippen LogP contribution < -0.4 is 15.8 Å². The predicted molar refractivity (Wildman–Crippen MR) is 131 cm³/mol. The van der Waals surface area contributed by atoms with E-state index >= 15 is 0 Å². The van der Waals surface area contributed by atoms with Gasteiger partial charge in [0.25, 0.3) is 11.5 Å². The number of carbonyl (C=O) groups is 1. The number of nitriles is 1. The number of fused-ring (bicyclic) bond motifs is 1. The first-order valence-corrected chi connectivity index (χ1v) is 11.6. The number of aromatic nitrogens is 3. The zero-order chi connectivity index (χ0) is 24.2. The molecule has 0 spiro atoms. The fraction of sp³-hybridized carbons (Fsp3) is 0.375. The van der Waals surface area contributed by atoms with Gasteiger partial charge in [0.2, 0.25) is 0 Å². The number of aryl methyl sites for hydroxylation is 1. The van der Waals surface area contributed by atoms with Gasteiger partial charge in [0.1, 0.15) is 5.69 Å². The van der Waals surface area contributed by atoms with Crippen molar-refractivity contribution in [2.45, 2.75) is 32.4 Å². The molecule has 0 unspecified atom stereocenters. The SMILES string of the molecule is CCc1cc2ncc(CN3CCN(c4cnc(C(=O)NC)c(Cl)c4)[C@H](CC#N)C3)cc2[nH]c1=O. The molecule has 1 aliphatic rings. The molecule has 0 aromatic carbocycles. The van der Waals surface area contributed by atoms with Crippen LogP contribution in [-0.4, -0.2) is 58.5 Å². The summed E-state index contributed by atoms with van der Waals surface area (Å²) >= 11 is 6.30. The predicted octanol–water partition coefficient (Wildman–Crippen LogP) is 2.50. The minimum Gasteiger partial charge on any atom is -0.364 e. The summed E-state index contributed by atoms with van der Waals surface area (Å²) in [6, 6.07) is 7.76. The fourth-order valence-electron chi connectivity index (χ4n) is 4.33. The maximum absolute atomic E-state index is 12.2. The van der Waals surface area contributed by atoms with Gasteiger partial charge in [-0.15, -0.1) is 0 Å². The second kappa shape index (κ2) is 10.2. The molecule has 1 aliphatic heterocycles. The first kappa shape index (κ1) is 23.7. The van der Waals surface area contributed by atoms with Gasteiger partial charge >= 0.3 is 0 Å². The van der Waals surface area contributed by atoms with E-state index in [0.29, 0.717) is 32.5 Å². The number of pyridine rings is 3. The summed E-state index contributed by atoms with van der Waals surface area (Å²) in [7, 11) is 1.53. The van der Waals surface area contributed by atoms with Crippen molar-refractivity contribution in [2.75, 3.05) is 31.6 Å². The number of nitrogens with zero attached hydrogens (tertiary/aromatic N) is 5. The third-order valence-corrected chi connectivity index (χ3v) is 6.40. The Kier molecular flexibility index (Phi) is 7.10. The van der Waals surface area contributed by atoms with Crippen molar-refractivity contribution in [3.8, 4) is 6.07 Å². The number of carbonyl (C=O) groups excluding carboxylic acids is 1. The van der Waals surface area contributed by atoms with Gasteiger partial charge in [-0.1, -0.05) is 18.5 Å². The lowest BCUT2D eigenvalue weighted by Gasteiger charge is -2.42. The molecule has 10 heteroatoms. The van der Waals surface area contributed by atoms with E-state index in [1.165, 1.54) is 7.05 Å². The second-order valence-corrected chi connectivity index (χ2v) is 8.71. The van der Waals surface area contributed by atoms with Gasteiger partial charge < -0.3 is 15.2 Å². The van der Waals surface area contributed by atoms with E-state index in [9.17, 15) is 14.9 Å². The lowest BCUT2D eigenvalue weighted by atomic mass is 10.1. The number of piperazine rings is 1. The highest BCUT2D eigenvalue weighted by atomic mass is 35.5. The van der Waals surface area contributed by atoms with E-state index in [1.54, 1.807) is 12.3 Å². The zero-order valence-electron chi connectivity index (χ0n) is 19.1. The number of rotatable bonds is 6. The van der Waals surface area contributed by atoms with E-state index in [4.69, 9.17) is 11.6 Å². The number of nitrogens with one attached hydrogen (secondary N) is 2. The average Bonchev–Trinajstić information content (AvgIpc) is 2.83. The number of H-pyrrole nitrogens is 1. The van der Waals surface area contributed by atoms with Crippen LogP contribution in [-0.2, 0) is 13.0 Å². The summed E-state index contributed by atoms with van der Waals surface area (Å²) in [5, 5.41) is 12.2. The minimum atomic E-state index is -0.341. The molecule has 3 aromatic rings. The van der Waals surface area contributed by atoms with Crippen molar-refractivity contribution in [1.29, 1.82) is 5.26 Å². The van der Waals surface area contributed by atoms with Crippen molar-refractivity contribution in [3.05, 3.63) is 62.8 Å². The molecule has 0 saturated carbocycles. The van der Waals surface area contributed by atoms with E-state index in [0.717, 1.165) is 34.4 Å². The summed E-state index contributed by atoms with van der Waals surface area (Å²) in [6.45, 7) is 4.72. The maximum Gasteiger partial charge on any atom is 0.271 e. The quantitative estimate of drug-likeness (QED) is 0.557. The lowest BCUT2D eigenvalue weighted by molar-refractivity contribution is 0.0958. The summed E-state index contributed by atoms with van der Waals surface area (Å²) < 4.78 is 0. The van der Waals surface area contributed by atoms with Crippen LogP contribution in [0.3, 0.4) is 0 Å². The highest BCUT2D eigenvalue weighted by Gasteiger charge is 2.28. The monoisotopic (exact) mass is 479 g/mol. The minimum absolute atomic E-state index is 0.0530. The topological polar surface area (TPSA) is 118 Å². The van der Waals surface area contributed by atoms with Crippen molar-refractivity contribution < 1.29 is 4.79 Å². The third-order valence-electron chi connectivity index (χ3n) is 6.11. The zero-order valence-corrected chi connectivity index (χ0v) is 19.9. The molecule has 4 rings (SSSR count). The molecular weight excluding hydrogens is 454 g/mol. The van der Waals surface area contributed by atoms with Crippen LogP contribution in [0.1, 0.15) is 35.0 Å². The number of halogens is 1. The lowest BCUT2D eigenvalue weighted by Crippen LogP contribution is -2.53. The molecule has 1 fully saturated rings. The Morgan fingerprint density at radius 1 is 1.29 bits per heavy atom. The van der Waals surface area contributed by atoms with E-state index in [2.05, 4.69) is 36.1 Å². The largest absolute Gasteiger partial charge is 0.364 e. The van der Waals surface area contributed by atoms with Crippen LogP contribution >= 0.6 is 11.6 Å². The van der Waals surface area contributed by atoms with Gasteiger partial charge in [0, 0.05) is 45.0 Å². The average molecular weight is 480 g/mol. The number of hydrogen-bond acceptors (Lipinski definition) is 7. The highest BCUT2D eigenvalue weighted by molar-refractivity contribution is 6.33. The molecule has 9 nitrogen and oxygen atoms in total. The Morgan fingerprint density at radius 2 is 2.12 bits per heavy atom. The van der Waals surface area contributed by atoms with Gasteiger partial charge in [0.05, 0.1) is 46.5 Å². The number of aromatic amines is 1. The molecule has 176 valence electrons. The van der Waals surface area contributed by atoms with E-state index < -0.39 is 0 Å². The molecule has 0 aliphatic carbocycles. The highest BCUT2D eigenvalue weighted by Crippen LogP contribution is 2.27. The Bertz CT molecular complexity index is 1320. The van der Waals surface area contributed by atoms with Crippen molar-refractivity contribution in [3.63, 3.8) is 0 Å². The molecule has 3 aromatic heterocycles. The standard InChI is InChI=1S/C24H26ClN7O2/c1-3-16-9-20-21(30-23(16)33)8-15(11-28-20)13-31-6-7-32(17(14-31)4-5-26)18-10-19(25)22(29-12-18)24(34)27-2/h8-12,17H,3-4,6-7,13-14H2,1-2H3,(H,27,34)(H,30,33)/t17-/m1/s1. The second-order valence-electron chi connectivity index (χ2n) is 8.30. The number of amides is 1. The van der Waals surface area contributed by atoms with Gasteiger partial charge in [-0.05, 0) is 30.2 Å². The third kappa shape index (κ3) is 4.88. The molecule has 0 radical (unpaired) electrons. The van der Waals surface area contributed by atoms with E-state index in [-0.39, 0.29) is 28.2 Å². The normalized spacial score (nSPS) is 16.4. The fourth-order valence-corrected chi connectivity index (χ4v) is 4.57. The van der Waals surface area contributed by atoms with Crippen LogP contribution in [0.5, 0.6) is 0 Å². The van der Waals surface area contributed by atoms with Crippen LogP contribution in [0, 0.1) is 11.3 Å². The molecule has 34 heavy (non-hydrogen) atoms. The van der Waals surface area contributed by atoms with Crippen molar-refractivity contribution >= 4 is 34.2 Å².